The second-order valence-corrected chi connectivity index (χ2v) is 8.18. The van der Waals surface area contributed by atoms with Crippen LogP contribution >= 0.6 is 0 Å². The number of amides is 1. The predicted octanol–water partition coefficient (Wildman–Crippen LogP) is 0.940. The maximum absolute atomic E-state index is 12.3. The first-order valence-corrected chi connectivity index (χ1v) is 9.43. The van der Waals surface area contributed by atoms with Gasteiger partial charge in [0.2, 0.25) is 15.9 Å². The van der Waals surface area contributed by atoms with Gasteiger partial charge in [-0.15, -0.1) is 0 Å². The number of hydrogen-bond donors (Lipinski definition) is 2. The summed E-state index contributed by atoms with van der Waals surface area (Å²) in [5.74, 6) is -1.04. The molecule has 0 aliphatic carbocycles. The lowest BCUT2D eigenvalue weighted by molar-refractivity contribution is -0.147. The molecule has 1 unspecified atom stereocenters. The fraction of sp³-hybridized carbons (Fsp3) is 0.412. The molecule has 1 amide bonds. The lowest BCUT2D eigenvalue weighted by Crippen LogP contribution is -2.34. The molecule has 1 saturated heterocycles. The Balaban J connectivity index is 2.20. The number of benzene rings is 1. The first-order chi connectivity index (χ1) is 12.1. The van der Waals surface area contributed by atoms with Gasteiger partial charge in [-0.3, -0.25) is 9.59 Å². The number of ether oxygens (including phenoxy) is 1. The van der Waals surface area contributed by atoms with Gasteiger partial charge in [0.25, 0.3) is 0 Å². The van der Waals surface area contributed by atoms with Gasteiger partial charge in [0.05, 0.1) is 12.5 Å². The van der Waals surface area contributed by atoms with E-state index in [0.717, 1.165) is 0 Å². The van der Waals surface area contributed by atoms with E-state index in [1.165, 1.54) is 43.3 Å². The number of likely N-dealkylation sites (tertiary alicyclic amines) is 1. The minimum Gasteiger partial charge on any atom is -0.495 e. The number of sulfonamides is 1. The van der Waals surface area contributed by atoms with E-state index in [2.05, 4.69) is 4.72 Å². The van der Waals surface area contributed by atoms with E-state index in [1.807, 2.05) is 0 Å². The molecule has 1 aliphatic rings. The molecule has 0 bridgehead atoms. The zero-order valence-electron chi connectivity index (χ0n) is 14.9. The summed E-state index contributed by atoms with van der Waals surface area (Å²) in [6.07, 6.45) is 3.20. The minimum absolute atomic E-state index is 0.0308. The molecule has 0 radical (unpaired) electrons. The molecule has 1 aliphatic heterocycles. The highest BCUT2D eigenvalue weighted by atomic mass is 32.2. The van der Waals surface area contributed by atoms with Crippen molar-refractivity contribution in [3.8, 4) is 5.75 Å². The topological polar surface area (TPSA) is 113 Å². The molecule has 1 fully saturated rings. The van der Waals surface area contributed by atoms with E-state index in [4.69, 9.17) is 4.74 Å². The molecule has 1 aromatic carbocycles. The largest absolute Gasteiger partial charge is 0.495 e. The zero-order valence-corrected chi connectivity index (χ0v) is 15.7. The average molecular weight is 382 g/mol. The number of methoxy groups -OCH3 is 1. The lowest BCUT2D eigenvalue weighted by Gasteiger charge is -2.19. The number of hydrogen-bond acceptors (Lipinski definition) is 5. The average Bonchev–Trinajstić information content (AvgIpc) is 3.03. The molecule has 0 aromatic heterocycles. The summed E-state index contributed by atoms with van der Waals surface area (Å²) >= 11 is 0. The van der Waals surface area contributed by atoms with Crippen molar-refractivity contribution in [3.63, 3.8) is 0 Å². The van der Waals surface area contributed by atoms with E-state index < -0.39 is 21.4 Å². The molecule has 0 saturated carbocycles. The molecule has 1 aromatic rings. The van der Waals surface area contributed by atoms with E-state index in [-0.39, 0.29) is 23.1 Å². The Labute approximate surface area is 152 Å². The first kappa shape index (κ1) is 19.9. The summed E-state index contributed by atoms with van der Waals surface area (Å²) in [4.78, 5) is 25.0. The van der Waals surface area contributed by atoms with Crippen LogP contribution in [0.25, 0.3) is 6.08 Å². The molecule has 26 heavy (non-hydrogen) atoms. The Morgan fingerprint density at radius 3 is 2.62 bits per heavy atom. The molecule has 9 heteroatoms. The summed E-state index contributed by atoms with van der Waals surface area (Å²) in [5, 5.41) is 9.23. The van der Waals surface area contributed by atoms with Gasteiger partial charge >= 0.3 is 5.97 Å². The molecular formula is C17H22N2O6S. The summed E-state index contributed by atoms with van der Waals surface area (Å²) in [7, 11) is -1.04. The summed E-state index contributed by atoms with van der Waals surface area (Å²) < 4.78 is 31.4. The SMILES string of the molecule is CNS(=O)(=O)c1cc(/C=C/C(=O)N2CCC(C)(C(=O)O)C2)ccc1OC. The van der Waals surface area contributed by atoms with Crippen LogP contribution < -0.4 is 9.46 Å². The molecule has 8 nitrogen and oxygen atoms in total. The summed E-state index contributed by atoms with van der Waals surface area (Å²) in [5.41, 5.74) is -0.425. The van der Waals surface area contributed by atoms with Crippen LogP contribution in [-0.4, -0.2) is 57.5 Å². The third-order valence-corrected chi connectivity index (χ3v) is 5.90. The molecule has 2 N–H and O–H groups in total. The number of carboxylic acids is 1. The van der Waals surface area contributed by atoms with Crippen molar-refractivity contribution in [2.45, 2.75) is 18.2 Å². The van der Waals surface area contributed by atoms with Crippen LogP contribution in [0.1, 0.15) is 18.9 Å². The van der Waals surface area contributed by atoms with Crippen LogP contribution in [0.5, 0.6) is 5.75 Å². The lowest BCUT2D eigenvalue weighted by atomic mass is 9.90. The van der Waals surface area contributed by atoms with Crippen LogP contribution in [0.3, 0.4) is 0 Å². The quantitative estimate of drug-likeness (QED) is 0.708. The van der Waals surface area contributed by atoms with Gasteiger partial charge in [-0.25, -0.2) is 13.1 Å². The Morgan fingerprint density at radius 1 is 1.38 bits per heavy atom. The Hall–Kier alpha value is -2.39. The molecule has 1 atom stereocenters. The van der Waals surface area contributed by atoms with Crippen LogP contribution in [0.4, 0.5) is 0 Å². The van der Waals surface area contributed by atoms with Gasteiger partial charge in [0, 0.05) is 19.2 Å². The number of nitrogens with zero attached hydrogens (tertiary/aromatic N) is 1. The van der Waals surface area contributed by atoms with Gasteiger partial charge in [-0.1, -0.05) is 6.07 Å². The molecule has 1 heterocycles. The maximum atomic E-state index is 12.3. The standard InChI is InChI=1S/C17H22N2O6S/c1-17(16(21)22)8-9-19(11-17)15(20)7-5-12-4-6-13(25-3)14(10-12)26(23,24)18-2/h4-7,10,18H,8-9,11H2,1-3H3,(H,21,22)/b7-5+. The summed E-state index contributed by atoms with van der Waals surface area (Å²) in [6, 6.07) is 4.54. The molecule has 0 spiro atoms. The van der Waals surface area contributed by atoms with Gasteiger partial charge < -0.3 is 14.7 Å². The van der Waals surface area contributed by atoms with E-state index in [9.17, 15) is 23.1 Å². The first-order valence-electron chi connectivity index (χ1n) is 7.95. The third-order valence-electron chi connectivity index (χ3n) is 4.47. The van der Waals surface area contributed by atoms with Crippen molar-refractivity contribution < 1.29 is 27.9 Å². The van der Waals surface area contributed by atoms with Gasteiger partial charge in [-0.2, -0.15) is 0 Å². The van der Waals surface area contributed by atoms with E-state index in [0.29, 0.717) is 18.5 Å². The van der Waals surface area contributed by atoms with Gasteiger partial charge in [-0.05, 0) is 44.2 Å². The molecule has 142 valence electrons. The minimum atomic E-state index is -3.71. The Morgan fingerprint density at radius 2 is 2.08 bits per heavy atom. The molecular weight excluding hydrogens is 360 g/mol. The summed E-state index contributed by atoms with van der Waals surface area (Å²) in [6.45, 7) is 2.13. The normalized spacial score (nSPS) is 20.5. The van der Waals surface area contributed by atoms with Crippen LogP contribution in [0.2, 0.25) is 0 Å². The predicted molar refractivity (Wildman–Crippen MR) is 95.2 cm³/mol. The number of carbonyl (C=O) groups is 2. The van der Waals surface area contributed by atoms with Crippen molar-refractivity contribution >= 4 is 28.0 Å². The third kappa shape index (κ3) is 4.05. The number of aliphatic carboxylic acids is 1. The number of carbonyl (C=O) groups excluding carboxylic acids is 1. The van der Waals surface area contributed by atoms with E-state index in [1.54, 1.807) is 13.0 Å². The van der Waals surface area contributed by atoms with Gasteiger partial charge in [0.1, 0.15) is 10.6 Å². The fourth-order valence-corrected chi connectivity index (χ4v) is 3.64. The highest BCUT2D eigenvalue weighted by Crippen LogP contribution is 2.30. The zero-order chi connectivity index (χ0) is 19.5. The Bertz CT molecular complexity index is 849. The fourth-order valence-electron chi connectivity index (χ4n) is 2.71. The van der Waals surface area contributed by atoms with Crippen LogP contribution in [-0.2, 0) is 19.6 Å². The second-order valence-electron chi connectivity index (χ2n) is 6.33. The highest BCUT2D eigenvalue weighted by Gasteiger charge is 2.41. The maximum Gasteiger partial charge on any atom is 0.311 e. The monoisotopic (exact) mass is 382 g/mol. The van der Waals surface area contributed by atoms with Crippen LogP contribution in [0.15, 0.2) is 29.2 Å². The number of rotatable bonds is 6. The van der Waals surface area contributed by atoms with Crippen LogP contribution in [0, 0.1) is 5.41 Å². The van der Waals surface area contributed by atoms with Crippen molar-refractivity contribution in [2.24, 2.45) is 5.41 Å². The smallest absolute Gasteiger partial charge is 0.311 e. The molecule has 2 rings (SSSR count). The van der Waals surface area contributed by atoms with Crippen molar-refractivity contribution in [1.82, 2.24) is 9.62 Å². The Kier molecular flexibility index (Phi) is 5.72. The van der Waals surface area contributed by atoms with Crippen molar-refractivity contribution in [3.05, 3.63) is 29.8 Å². The highest BCUT2D eigenvalue weighted by molar-refractivity contribution is 7.89. The van der Waals surface area contributed by atoms with Crippen molar-refractivity contribution in [1.29, 1.82) is 0 Å². The number of nitrogens with one attached hydrogen (secondary N) is 1. The second kappa shape index (κ2) is 7.46. The van der Waals surface area contributed by atoms with Gasteiger partial charge in [0.15, 0.2) is 0 Å². The number of carboxylic acid groups (broad SMARTS) is 1. The van der Waals surface area contributed by atoms with E-state index >= 15 is 0 Å². The van der Waals surface area contributed by atoms with Crippen molar-refractivity contribution in [2.75, 3.05) is 27.2 Å².